The van der Waals surface area contributed by atoms with Gasteiger partial charge in [0.2, 0.25) is 0 Å². The number of benzene rings is 1. The number of halogens is 1. The lowest BCUT2D eigenvalue weighted by Gasteiger charge is -2.10. The number of aryl methyl sites for hydroxylation is 1. The van der Waals surface area contributed by atoms with Crippen LogP contribution in [-0.2, 0) is 6.54 Å². The lowest BCUT2D eigenvalue weighted by Crippen LogP contribution is -2.01. The predicted molar refractivity (Wildman–Crippen MR) is 65.9 cm³/mol. The van der Waals surface area contributed by atoms with Crippen LogP contribution in [0, 0.1) is 6.92 Å². The first-order chi connectivity index (χ1) is 7.67. The van der Waals surface area contributed by atoms with Gasteiger partial charge in [-0.2, -0.15) is 0 Å². The van der Waals surface area contributed by atoms with E-state index in [1.165, 1.54) is 0 Å². The Labute approximate surface area is 99.2 Å². The standard InChI is InChI=1S/C12H13ClN2O/c1-7-5-8(6-14)11-9(13)3-4-10(16-2)12(11)15-7/h3-5H,6,14H2,1-2H3. The van der Waals surface area contributed by atoms with Crippen LogP contribution in [-0.4, -0.2) is 12.1 Å². The summed E-state index contributed by atoms with van der Waals surface area (Å²) in [4.78, 5) is 4.45. The fourth-order valence-corrected chi connectivity index (χ4v) is 2.10. The summed E-state index contributed by atoms with van der Waals surface area (Å²) in [5, 5.41) is 1.54. The van der Waals surface area contributed by atoms with Gasteiger partial charge in [-0.25, -0.2) is 4.98 Å². The normalized spacial score (nSPS) is 10.8. The Hall–Kier alpha value is -1.32. The van der Waals surface area contributed by atoms with Crippen molar-refractivity contribution >= 4 is 22.5 Å². The van der Waals surface area contributed by atoms with Crippen LogP contribution in [0.2, 0.25) is 5.02 Å². The second-order valence-electron chi connectivity index (χ2n) is 3.60. The maximum absolute atomic E-state index is 6.17. The number of rotatable bonds is 2. The molecule has 0 saturated heterocycles. The molecule has 2 aromatic rings. The molecule has 3 nitrogen and oxygen atoms in total. The number of hydrogen-bond acceptors (Lipinski definition) is 3. The third-order valence-corrected chi connectivity index (χ3v) is 2.84. The highest BCUT2D eigenvalue weighted by molar-refractivity contribution is 6.35. The lowest BCUT2D eigenvalue weighted by molar-refractivity contribution is 0.419. The third-order valence-electron chi connectivity index (χ3n) is 2.52. The number of ether oxygens (including phenoxy) is 1. The van der Waals surface area contributed by atoms with Gasteiger partial charge in [-0.15, -0.1) is 0 Å². The maximum atomic E-state index is 6.17. The number of nitrogens with zero attached hydrogens (tertiary/aromatic N) is 1. The van der Waals surface area contributed by atoms with Crippen LogP contribution in [0.15, 0.2) is 18.2 Å². The zero-order valence-electron chi connectivity index (χ0n) is 9.25. The quantitative estimate of drug-likeness (QED) is 0.872. The number of nitrogens with two attached hydrogens (primary N) is 1. The van der Waals surface area contributed by atoms with E-state index in [2.05, 4.69) is 4.98 Å². The summed E-state index contributed by atoms with van der Waals surface area (Å²) >= 11 is 6.17. The smallest absolute Gasteiger partial charge is 0.145 e. The first-order valence-corrected chi connectivity index (χ1v) is 5.38. The van der Waals surface area contributed by atoms with E-state index in [9.17, 15) is 0 Å². The van der Waals surface area contributed by atoms with Crippen LogP contribution in [0.5, 0.6) is 5.75 Å². The van der Waals surface area contributed by atoms with E-state index in [4.69, 9.17) is 22.1 Å². The molecule has 0 radical (unpaired) electrons. The van der Waals surface area contributed by atoms with Crippen molar-refractivity contribution in [2.24, 2.45) is 5.73 Å². The van der Waals surface area contributed by atoms with Gasteiger partial charge in [-0.3, -0.25) is 0 Å². The van der Waals surface area contributed by atoms with Gasteiger partial charge in [0.15, 0.2) is 0 Å². The molecule has 1 aromatic heterocycles. The molecule has 0 saturated carbocycles. The SMILES string of the molecule is COc1ccc(Cl)c2c(CN)cc(C)nc12. The Kier molecular flexibility index (Phi) is 2.99. The molecule has 1 aromatic carbocycles. The van der Waals surface area contributed by atoms with Gasteiger partial charge in [-0.1, -0.05) is 11.6 Å². The van der Waals surface area contributed by atoms with E-state index >= 15 is 0 Å². The second-order valence-corrected chi connectivity index (χ2v) is 4.01. The highest BCUT2D eigenvalue weighted by atomic mass is 35.5. The minimum atomic E-state index is 0.437. The average Bonchev–Trinajstić information content (AvgIpc) is 2.28. The Bertz CT molecular complexity index is 540. The summed E-state index contributed by atoms with van der Waals surface area (Å²) < 4.78 is 5.27. The number of aromatic nitrogens is 1. The van der Waals surface area contributed by atoms with E-state index in [-0.39, 0.29) is 0 Å². The topological polar surface area (TPSA) is 48.1 Å². The summed E-state index contributed by atoms with van der Waals surface area (Å²) in [6, 6.07) is 5.57. The number of fused-ring (bicyclic) bond motifs is 1. The van der Waals surface area contributed by atoms with Crippen molar-refractivity contribution in [2.45, 2.75) is 13.5 Å². The molecule has 0 bridgehead atoms. The molecule has 2 N–H and O–H groups in total. The molecule has 0 atom stereocenters. The Morgan fingerprint density at radius 2 is 2.19 bits per heavy atom. The molecule has 0 aliphatic heterocycles. The van der Waals surface area contributed by atoms with Gasteiger partial charge in [0, 0.05) is 17.6 Å². The Morgan fingerprint density at radius 1 is 1.44 bits per heavy atom. The molecular weight excluding hydrogens is 224 g/mol. The molecule has 0 amide bonds. The fourth-order valence-electron chi connectivity index (χ4n) is 1.82. The van der Waals surface area contributed by atoms with Gasteiger partial charge in [0.1, 0.15) is 11.3 Å². The van der Waals surface area contributed by atoms with E-state index in [0.717, 1.165) is 27.9 Å². The van der Waals surface area contributed by atoms with Gasteiger partial charge in [0.05, 0.1) is 12.1 Å². The maximum Gasteiger partial charge on any atom is 0.145 e. The molecule has 1 heterocycles. The van der Waals surface area contributed by atoms with Crippen LogP contribution in [0.3, 0.4) is 0 Å². The Morgan fingerprint density at radius 3 is 2.81 bits per heavy atom. The van der Waals surface area contributed by atoms with E-state index in [0.29, 0.717) is 11.6 Å². The molecular formula is C12H13ClN2O. The van der Waals surface area contributed by atoms with Gasteiger partial charge in [0.25, 0.3) is 0 Å². The summed E-state index contributed by atoms with van der Waals surface area (Å²) in [5.41, 5.74) is 8.39. The first-order valence-electron chi connectivity index (χ1n) is 5.00. The summed E-state index contributed by atoms with van der Waals surface area (Å²) in [6.45, 7) is 2.37. The van der Waals surface area contributed by atoms with Crippen molar-refractivity contribution in [3.05, 3.63) is 34.5 Å². The minimum absolute atomic E-state index is 0.437. The van der Waals surface area contributed by atoms with Gasteiger partial charge in [-0.05, 0) is 30.7 Å². The predicted octanol–water partition coefficient (Wildman–Crippen LogP) is 2.66. The molecule has 4 heteroatoms. The highest BCUT2D eigenvalue weighted by Crippen LogP contribution is 2.32. The molecule has 0 unspecified atom stereocenters. The molecule has 16 heavy (non-hydrogen) atoms. The zero-order valence-corrected chi connectivity index (χ0v) is 10.0. The summed E-state index contributed by atoms with van der Waals surface area (Å²) in [7, 11) is 1.62. The summed E-state index contributed by atoms with van der Waals surface area (Å²) in [5.74, 6) is 0.720. The first kappa shape index (κ1) is 11.2. The van der Waals surface area contributed by atoms with Crippen LogP contribution in [0.25, 0.3) is 10.9 Å². The van der Waals surface area contributed by atoms with E-state index in [1.807, 2.05) is 19.1 Å². The zero-order chi connectivity index (χ0) is 11.7. The van der Waals surface area contributed by atoms with Crippen LogP contribution in [0.1, 0.15) is 11.3 Å². The largest absolute Gasteiger partial charge is 0.494 e. The van der Waals surface area contributed by atoms with Crippen molar-refractivity contribution in [3.63, 3.8) is 0 Å². The molecule has 2 rings (SSSR count). The molecule has 84 valence electrons. The lowest BCUT2D eigenvalue weighted by atomic mass is 10.1. The molecule has 0 aliphatic rings. The highest BCUT2D eigenvalue weighted by Gasteiger charge is 2.11. The van der Waals surface area contributed by atoms with Crippen molar-refractivity contribution in [1.29, 1.82) is 0 Å². The number of hydrogen-bond donors (Lipinski definition) is 1. The van der Waals surface area contributed by atoms with E-state index in [1.54, 1.807) is 13.2 Å². The second kappa shape index (κ2) is 4.28. The fraction of sp³-hybridized carbons (Fsp3) is 0.250. The van der Waals surface area contributed by atoms with Gasteiger partial charge >= 0.3 is 0 Å². The summed E-state index contributed by atoms with van der Waals surface area (Å²) in [6.07, 6.45) is 0. The molecule has 0 spiro atoms. The molecule has 0 fully saturated rings. The van der Waals surface area contributed by atoms with Crippen LogP contribution < -0.4 is 10.5 Å². The molecule has 0 aliphatic carbocycles. The van der Waals surface area contributed by atoms with Crippen LogP contribution >= 0.6 is 11.6 Å². The number of methoxy groups -OCH3 is 1. The van der Waals surface area contributed by atoms with Crippen molar-refractivity contribution in [1.82, 2.24) is 4.98 Å². The minimum Gasteiger partial charge on any atom is -0.494 e. The van der Waals surface area contributed by atoms with Crippen LogP contribution in [0.4, 0.5) is 0 Å². The van der Waals surface area contributed by atoms with Crippen molar-refractivity contribution in [3.8, 4) is 5.75 Å². The number of pyridine rings is 1. The monoisotopic (exact) mass is 236 g/mol. The van der Waals surface area contributed by atoms with Crippen molar-refractivity contribution < 1.29 is 4.74 Å². The van der Waals surface area contributed by atoms with Gasteiger partial charge < -0.3 is 10.5 Å². The van der Waals surface area contributed by atoms with E-state index < -0.39 is 0 Å². The van der Waals surface area contributed by atoms with Crippen molar-refractivity contribution in [2.75, 3.05) is 7.11 Å². The third kappa shape index (κ3) is 1.72. The Balaban J connectivity index is 2.91. The average molecular weight is 237 g/mol.